The largest absolute Gasteiger partial charge is 0.494 e. The Labute approximate surface area is 74.8 Å². The summed E-state index contributed by atoms with van der Waals surface area (Å²) in [7, 11) is 1.34. The summed E-state index contributed by atoms with van der Waals surface area (Å²) in [5.41, 5.74) is 0.216. The second-order valence-corrected chi connectivity index (χ2v) is 2.47. The van der Waals surface area contributed by atoms with Gasteiger partial charge in [-0.25, -0.2) is 4.39 Å². The summed E-state index contributed by atoms with van der Waals surface area (Å²) in [5.74, 6) is -0.511. The van der Waals surface area contributed by atoms with Crippen molar-refractivity contribution in [3.8, 4) is 5.75 Å². The molecule has 1 aromatic carbocycles. The first-order valence-corrected chi connectivity index (χ1v) is 3.66. The smallest absolute Gasteiger partial charge is 0.165 e. The van der Waals surface area contributed by atoms with Gasteiger partial charge in [0.05, 0.1) is 7.11 Å². The average Bonchev–Trinajstić information content (AvgIpc) is 2.16. The Hall–Kier alpha value is -1.42. The summed E-state index contributed by atoms with van der Waals surface area (Å²) in [5, 5.41) is 9.04. The number of aliphatic hydroxyl groups excluding tert-OH is 1. The molecule has 0 saturated heterocycles. The summed E-state index contributed by atoms with van der Waals surface area (Å²) in [4.78, 5) is 10.2. The third-order valence-corrected chi connectivity index (χ3v) is 1.65. The van der Waals surface area contributed by atoms with Crippen LogP contribution in [0.25, 0.3) is 0 Å². The molecule has 0 aromatic heterocycles. The van der Waals surface area contributed by atoms with E-state index in [2.05, 4.69) is 4.74 Å². The molecule has 0 aliphatic rings. The van der Waals surface area contributed by atoms with Crippen molar-refractivity contribution in [2.24, 2.45) is 0 Å². The van der Waals surface area contributed by atoms with E-state index in [1.807, 2.05) is 0 Å². The SMILES string of the molecule is COc1ccc(C(O)C=O)cc1F. The highest BCUT2D eigenvalue weighted by Gasteiger charge is 2.09. The second-order valence-electron chi connectivity index (χ2n) is 2.47. The maximum atomic E-state index is 13.0. The molecule has 13 heavy (non-hydrogen) atoms. The van der Waals surface area contributed by atoms with Gasteiger partial charge in [0.2, 0.25) is 0 Å². The summed E-state index contributed by atoms with van der Waals surface area (Å²) in [6.45, 7) is 0. The zero-order chi connectivity index (χ0) is 9.84. The average molecular weight is 184 g/mol. The number of benzene rings is 1. The van der Waals surface area contributed by atoms with E-state index >= 15 is 0 Å². The standard InChI is InChI=1S/C9H9FO3/c1-13-9-3-2-6(4-7(9)10)8(12)5-11/h2-5,8,12H,1H3. The van der Waals surface area contributed by atoms with Crippen LogP contribution in [0.1, 0.15) is 11.7 Å². The third-order valence-electron chi connectivity index (χ3n) is 1.65. The summed E-state index contributed by atoms with van der Waals surface area (Å²) >= 11 is 0. The number of carbonyl (C=O) groups is 1. The molecular formula is C9H9FO3. The van der Waals surface area contributed by atoms with E-state index in [1.165, 1.54) is 19.2 Å². The maximum Gasteiger partial charge on any atom is 0.165 e. The third kappa shape index (κ3) is 2.03. The predicted octanol–water partition coefficient (Wildman–Crippen LogP) is 1.07. The molecule has 3 nitrogen and oxygen atoms in total. The molecular weight excluding hydrogens is 175 g/mol. The molecule has 0 aliphatic heterocycles. The molecule has 1 aromatic rings. The van der Waals surface area contributed by atoms with Crippen molar-refractivity contribution >= 4 is 6.29 Å². The lowest BCUT2D eigenvalue weighted by atomic mass is 10.1. The minimum absolute atomic E-state index is 0.0850. The van der Waals surface area contributed by atoms with E-state index in [4.69, 9.17) is 5.11 Å². The Bertz CT molecular complexity index is 312. The van der Waals surface area contributed by atoms with Crippen molar-refractivity contribution in [1.82, 2.24) is 0 Å². The Morgan fingerprint density at radius 3 is 2.77 bits per heavy atom. The van der Waals surface area contributed by atoms with E-state index < -0.39 is 11.9 Å². The molecule has 0 spiro atoms. The van der Waals surface area contributed by atoms with Gasteiger partial charge in [-0.05, 0) is 17.7 Å². The fourth-order valence-electron chi connectivity index (χ4n) is 0.945. The number of methoxy groups -OCH3 is 1. The zero-order valence-electron chi connectivity index (χ0n) is 7.03. The van der Waals surface area contributed by atoms with Crippen LogP contribution in [0, 0.1) is 5.82 Å². The van der Waals surface area contributed by atoms with Gasteiger partial charge >= 0.3 is 0 Å². The van der Waals surface area contributed by atoms with Crippen LogP contribution in [0.2, 0.25) is 0 Å². The number of ether oxygens (including phenoxy) is 1. The Morgan fingerprint density at radius 1 is 1.62 bits per heavy atom. The molecule has 0 bridgehead atoms. The van der Waals surface area contributed by atoms with Crippen LogP contribution in [0.5, 0.6) is 5.75 Å². The lowest BCUT2D eigenvalue weighted by molar-refractivity contribution is -0.115. The van der Waals surface area contributed by atoms with Gasteiger partial charge in [-0.1, -0.05) is 6.07 Å². The Kier molecular flexibility index (Phi) is 2.97. The van der Waals surface area contributed by atoms with Crippen molar-refractivity contribution in [2.45, 2.75) is 6.10 Å². The number of aldehydes is 1. The number of hydrogen-bond donors (Lipinski definition) is 1. The van der Waals surface area contributed by atoms with Crippen LogP contribution < -0.4 is 4.74 Å². The highest BCUT2D eigenvalue weighted by Crippen LogP contribution is 2.20. The molecule has 1 N–H and O–H groups in total. The molecule has 1 atom stereocenters. The fraction of sp³-hybridized carbons (Fsp3) is 0.222. The molecule has 0 heterocycles. The number of rotatable bonds is 3. The van der Waals surface area contributed by atoms with Crippen molar-refractivity contribution in [3.63, 3.8) is 0 Å². The molecule has 1 unspecified atom stereocenters. The van der Waals surface area contributed by atoms with Crippen LogP contribution >= 0.6 is 0 Å². The normalized spacial score (nSPS) is 12.2. The Balaban J connectivity index is 3.02. The zero-order valence-corrected chi connectivity index (χ0v) is 7.03. The van der Waals surface area contributed by atoms with Crippen LogP contribution in [0.4, 0.5) is 4.39 Å². The van der Waals surface area contributed by atoms with Crippen molar-refractivity contribution in [1.29, 1.82) is 0 Å². The predicted molar refractivity (Wildman–Crippen MR) is 44.0 cm³/mol. The van der Waals surface area contributed by atoms with E-state index in [0.29, 0.717) is 6.29 Å². The van der Waals surface area contributed by atoms with Gasteiger partial charge in [0.15, 0.2) is 17.9 Å². The molecule has 0 fully saturated rings. The quantitative estimate of drug-likeness (QED) is 0.714. The molecule has 0 radical (unpaired) electrons. The van der Waals surface area contributed by atoms with Crippen LogP contribution in [-0.4, -0.2) is 18.5 Å². The van der Waals surface area contributed by atoms with Gasteiger partial charge in [-0.3, -0.25) is 0 Å². The van der Waals surface area contributed by atoms with Gasteiger partial charge in [-0.2, -0.15) is 0 Å². The molecule has 0 amide bonds. The first-order valence-electron chi connectivity index (χ1n) is 3.66. The first-order chi connectivity index (χ1) is 6.19. The van der Waals surface area contributed by atoms with Crippen molar-refractivity contribution in [2.75, 3.05) is 7.11 Å². The first kappa shape index (κ1) is 9.67. The summed E-state index contributed by atoms with van der Waals surface area (Å²) < 4.78 is 17.7. The van der Waals surface area contributed by atoms with Gasteiger partial charge in [0.25, 0.3) is 0 Å². The highest BCUT2D eigenvalue weighted by molar-refractivity contribution is 5.59. The lowest BCUT2D eigenvalue weighted by Gasteiger charge is -2.05. The van der Waals surface area contributed by atoms with Crippen LogP contribution in [0.15, 0.2) is 18.2 Å². The topological polar surface area (TPSA) is 46.5 Å². The van der Waals surface area contributed by atoms with Gasteiger partial charge < -0.3 is 14.6 Å². The molecule has 4 heteroatoms. The minimum atomic E-state index is -1.28. The number of carbonyl (C=O) groups excluding carboxylic acids is 1. The van der Waals surface area contributed by atoms with Crippen LogP contribution in [-0.2, 0) is 4.79 Å². The molecule has 70 valence electrons. The van der Waals surface area contributed by atoms with Crippen molar-refractivity contribution < 1.29 is 19.0 Å². The highest BCUT2D eigenvalue weighted by atomic mass is 19.1. The van der Waals surface area contributed by atoms with E-state index in [0.717, 1.165) is 6.07 Å². The second kappa shape index (κ2) is 4.00. The molecule has 0 aliphatic carbocycles. The van der Waals surface area contributed by atoms with Crippen molar-refractivity contribution in [3.05, 3.63) is 29.6 Å². The van der Waals surface area contributed by atoms with Gasteiger partial charge in [-0.15, -0.1) is 0 Å². The lowest BCUT2D eigenvalue weighted by Crippen LogP contribution is -1.99. The van der Waals surface area contributed by atoms with Gasteiger partial charge in [0.1, 0.15) is 6.10 Å². The van der Waals surface area contributed by atoms with E-state index in [1.54, 1.807) is 0 Å². The maximum absolute atomic E-state index is 13.0. The summed E-state index contributed by atoms with van der Waals surface area (Å²) in [6, 6.07) is 3.86. The number of hydrogen-bond acceptors (Lipinski definition) is 3. The molecule has 0 saturated carbocycles. The van der Waals surface area contributed by atoms with E-state index in [-0.39, 0.29) is 11.3 Å². The summed E-state index contributed by atoms with van der Waals surface area (Å²) in [6.07, 6.45) is -0.943. The molecule has 1 rings (SSSR count). The number of aliphatic hydroxyl groups is 1. The monoisotopic (exact) mass is 184 g/mol. The minimum Gasteiger partial charge on any atom is -0.494 e. The van der Waals surface area contributed by atoms with E-state index in [9.17, 15) is 9.18 Å². The fourth-order valence-corrected chi connectivity index (χ4v) is 0.945. The number of halogens is 1. The van der Waals surface area contributed by atoms with Gasteiger partial charge in [0, 0.05) is 0 Å². The Morgan fingerprint density at radius 2 is 2.31 bits per heavy atom. The van der Waals surface area contributed by atoms with Crippen LogP contribution in [0.3, 0.4) is 0 Å².